The molecule has 0 amide bonds. The maximum Gasteiger partial charge on any atom is 0.304 e. The topological polar surface area (TPSA) is 66.6 Å². The number of hydrogen-bond donors (Lipinski definition) is 1. The highest BCUT2D eigenvalue weighted by Crippen LogP contribution is 2.33. The van der Waals surface area contributed by atoms with Crippen LogP contribution in [0.1, 0.15) is 25.3 Å². The second-order valence-electron chi connectivity index (χ2n) is 5.28. The van der Waals surface area contributed by atoms with Crippen molar-refractivity contribution in [2.75, 3.05) is 24.4 Å². The van der Waals surface area contributed by atoms with Gasteiger partial charge in [0.05, 0.1) is 5.69 Å². The molecule has 1 aromatic rings. The summed E-state index contributed by atoms with van der Waals surface area (Å²) in [5.41, 5.74) is 7.38. The molecule has 1 unspecified atom stereocenters. The summed E-state index contributed by atoms with van der Waals surface area (Å²) in [6.07, 6.45) is 2.44. The van der Waals surface area contributed by atoms with Gasteiger partial charge in [-0.25, -0.2) is 0 Å². The van der Waals surface area contributed by atoms with E-state index in [2.05, 4.69) is 0 Å². The van der Waals surface area contributed by atoms with E-state index in [0.29, 0.717) is 19.5 Å². The standard InChI is InChI=1S/C14H23N3O2S/c1-12-8-9-13-6-3-4-7-14(13)17(12)20(18,19)16(2)11-5-10-15/h3-4,6-7,12H,5,8-11,15H2,1-2H3. The summed E-state index contributed by atoms with van der Waals surface area (Å²) in [6.45, 7) is 2.90. The molecule has 1 heterocycles. The predicted molar refractivity (Wildman–Crippen MR) is 81.9 cm³/mol. The average Bonchev–Trinajstić information content (AvgIpc) is 2.44. The molecule has 5 nitrogen and oxygen atoms in total. The van der Waals surface area contributed by atoms with Crippen molar-refractivity contribution in [3.63, 3.8) is 0 Å². The van der Waals surface area contributed by atoms with Gasteiger partial charge in [0.25, 0.3) is 0 Å². The summed E-state index contributed by atoms with van der Waals surface area (Å²) in [5, 5.41) is 0. The molecular formula is C14H23N3O2S. The van der Waals surface area contributed by atoms with Crippen molar-refractivity contribution in [2.45, 2.75) is 32.2 Å². The van der Waals surface area contributed by atoms with Crippen molar-refractivity contribution in [1.82, 2.24) is 4.31 Å². The lowest BCUT2D eigenvalue weighted by molar-refractivity contribution is 0.451. The van der Waals surface area contributed by atoms with E-state index in [1.807, 2.05) is 31.2 Å². The van der Waals surface area contributed by atoms with Crippen LogP contribution in [0.4, 0.5) is 5.69 Å². The van der Waals surface area contributed by atoms with Crippen LogP contribution in [0, 0.1) is 0 Å². The SMILES string of the molecule is CC1CCc2ccccc2N1S(=O)(=O)N(C)CCCN. The molecular weight excluding hydrogens is 274 g/mol. The number of nitrogens with two attached hydrogens (primary N) is 1. The van der Waals surface area contributed by atoms with Gasteiger partial charge < -0.3 is 5.73 Å². The fourth-order valence-corrected chi connectivity index (χ4v) is 4.23. The molecule has 1 aliphatic rings. The van der Waals surface area contributed by atoms with Gasteiger partial charge in [0.15, 0.2) is 0 Å². The minimum absolute atomic E-state index is 0.0183. The number of anilines is 1. The van der Waals surface area contributed by atoms with Crippen LogP contribution in [-0.2, 0) is 16.6 Å². The number of benzene rings is 1. The molecule has 0 aromatic heterocycles. The van der Waals surface area contributed by atoms with Gasteiger partial charge in [-0.15, -0.1) is 0 Å². The number of hydrogen-bond acceptors (Lipinski definition) is 3. The minimum atomic E-state index is -3.49. The number of nitrogens with zero attached hydrogens (tertiary/aromatic N) is 2. The molecule has 0 bridgehead atoms. The zero-order valence-electron chi connectivity index (χ0n) is 12.1. The van der Waals surface area contributed by atoms with Gasteiger partial charge in [0, 0.05) is 19.6 Å². The van der Waals surface area contributed by atoms with E-state index in [1.54, 1.807) is 11.4 Å². The van der Waals surface area contributed by atoms with E-state index in [4.69, 9.17) is 5.73 Å². The fourth-order valence-electron chi connectivity index (χ4n) is 2.59. The first-order chi connectivity index (χ1) is 9.48. The van der Waals surface area contributed by atoms with Crippen LogP contribution in [-0.4, -0.2) is 38.9 Å². The summed E-state index contributed by atoms with van der Waals surface area (Å²) in [5.74, 6) is 0. The van der Waals surface area contributed by atoms with Gasteiger partial charge in [0.1, 0.15) is 0 Å². The first-order valence-corrected chi connectivity index (χ1v) is 8.42. The highest BCUT2D eigenvalue weighted by molar-refractivity contribution is 7.90. The molecule has 0 fully saturated rings. The van der Waals surface area contributed by atoms with Crippen molar-refractivity contribution in [2.24, 2.45) is 5.73 Å². The molecule has 1 aromatic carbocycles. The monoisotopic (exact) mass is 297 g/mol. The maximum atomic E-state index is 12.8. The Kier molecular flexibility index (Phi) is 4.67. The van der Waals surface area contributed by atoms with Gasteiger partial charge in [-0.2, -0.15) is 12.7 Å². The van der Waals surface area contributed by atoms with Crippen molar-refractivity contribution >= 4 is 15.9 Å². The minimum Gasteiger partial charge on any atom is -0.330 e. The molecule has 0 radical (unpaired) electrons. The Balaban J connectivity index is 2.35. The maximum absolute atomic E-state index is 12.8. The highest BCUT2D eigenvalue weighted by Gasteiger charge is 2.34. The lowest BCUT2D eigenvalue weighted by atomic mass is 9.99. The lowest BCUT2D eigenvalue weighted by Gasteiger charge is -2.38. The van der Waals surface area contributed by atoms with Gasteiger partial charge >= 0.3 is 10.2 Å². The molecule has 112 valence electrons. The molecule has 0 saturated heterocycles. The molecule has 2 rings (SSSR count). The molecule has 0 saturated carbocycles. The van der Waals surface area contributed by atoms with Crippen LogP contribution >= 0.6 is 0 Å². The zero-order chi connectivity index (χ0) is 14.8. The van der Waals surface area contributed by atoms with Crippen LogP contribution in [0.25, 0.3) is 0 Å². The Morgan fingerprint density at radius 2 is 2.10 bits per heavy atom. The highest BCUT2D eigenvalue weighted by atomic mass is 32.2. The first kappa shape index (κ1) is 15.3. The molecule has 1 aliphatic heterocycles. The van der Waals surface area contributed by atoms with Crippen molar-refractivity contribution in [3.05, 3.63) is 29.8 Å². The smallest absolute Gasteiger partial charge is 0.304 e. The molecule has 1 atom stereocenters. The van der Waals surface area contributed by atoms with E-state index in [-0.39, 0.29) is 6.04 Å². The van der Waals surface area contributed by atoms with Crippen LogP contribution < -0.4 is 10.0 Å². The van der Waals surface area contributed by atoms with Crippen LogP contribution in [0.2, 0.25) is 0 Å². The van der Waals surface area contributed by atoms with E-state index >= 15 is 0 Å². The third-order valence-corrected chi connectivity index (χ3v) is 5.80. The summed E-state index contributed by atoms with van der Waals surface area (Å²) in [4.78, 5) is 0. The van der Waals surface area contributed by atoms with Crippen LogP contribution in [0.5, 0.6) is 0 Å². The Bertz CT molecular complexity index is 559. The van der Waals surface area contributed by atoms with Crippen LogP contribution in [0.3, 0.4) is 0 Å². The second-order valence-corrected chi connectivity index (χ2v) is 7.20. The summed E-state index contributed by atoms with van der Waals surface area (Å²) >= 11 is 0. The Hall–Kier alpha value is -1.11. The Morgan fingerprint density at radius 1 is 1.40 bits per heavy atom. The van der Waals surface area contributed by atoms with E-state index in [1.165, 1.54) is 4.31 Å². The predicted octanol–water partition coefficient (Wildman–Crippen LogP) is 1.35. The van der Waals surface area contributed by atoms with Gasteiger partial charge in [-0.3, -0.25) is 4.31 Å². The summed E-state index contributed by atoms with van der Waals surface area (Å²) < 4.78 is 28.5. The number of aryl methyl sites for hydroxylation is 1. The Morgan fingerprint density at radius 3 is 2.80 bits per heavy atom. The third kappa shape index (κ3) is 2.82. The number of rotatable bonds is 5. The molecule has 6 heteroatoms. The molecule has 2 N–H and O–H groups in total. The van der Waals surface area contributed by atoms with Crippen molar-refractivity contribution < 1.29 is 8.42 Å². The van der Waals surface area contributed by atoms with Gasteiger partial charge in [0.2, 0.25) is 0 Å². The molecule has 20 heavy (non-hydrogen) atoms. The average molecular weight is 297 g/mol. The van der Waals surface area contributed by atoms with E-state index < -0.39 is 10.2 Å². The van der Waals surface area contributed by atoms with Gasteiger partial charge in [-0.1, -0.05) is 18.2 Å². The summed E-state index contributed by atoms with van der Waals surface area (Å²) in [6, 6.07) is 7.72. The van der Waals surface area contributed by atoms with Crippen LogP contribution in [0.15, 0.2) is 24.3 Å². The van der Waals surface area contributed by atoms with E-state index in [9.17, 15) is 8.42 Å². The van der Waals surface area contributed by atoms with Crippen molar-refractivity contribution in [1.29, 1.82) is 0 Å². The van der Waals surface area contributed by atoms with Crippen molar-refractivity contribution in [3.8, 4) is 0 Å². The Labute approximate surface area is 121 Å². The van der Waals surface area contributed by atoms with Gasteiger partial charge in [-0.05, 0) is 44.4 Å². The normalized spacial score (nSPS) is 19.2. The molecule has 0 aliphatic carbocycles. The zero-order valence-corrected chi connectivity index (χ0v) is 12.9. The summed E-state index contributed by atoms with van der Waals surface area (Å²) in [7, 11) is -1.87. The second kappa shape index (κ2) is 6.11. The largest absolute Gasteiger partial charge is 0.330 e. The molecule has 0 spiro atoms. The third-order valence-electron chi connectivity index (χ3n) is 3.78. The van der Waals surface area contributed by atoms with E-state index in [0.717, 1.165) is 24.1 Å². The number of para-hydroxylation sites is 1. The quantitative estimate of drug-likeness (QED) is 0.892. The first-order valence-electron chi connectivity index (χ1n) is 7.02. The fraction of sp³-hybridized carbons (Fsp3) is 0.571. The number of fused-ring (bicyclic) bond motifs is 1. The lowest BCUT2D eigenvalue weighted by Crippen LogP contribution is -2.49.